The van der Waals surface area contributed by atoms with Crippen molar-refractivity contribution in [3.8, 4) is 16.9 Å². The number of hydrogen-bond donors (Lipinski definition) is 2. The molecule has 2 aromatic carbocycles. The van der Waals surface area contributed by atoms with Crippen molar-refractivity contribution in [1.29, 1.82) is 0 Å². The number of carbonyl (C=O) groups is 1. The van der Waals surface area contributed by atoms with Gasteiger partial charge in [-0.1, -0.05) is 24.3 Å². The summed E-state index contributed by atoms with van der Waals surface area (Å²) in [5.74, 6) is -0.165. The van der Waals surface area contributed by atoms with E-state index in [1.54, 1.807) is 48.7 Å². The minimum atomic E-state index is -0.753. The fraction of sp³-hybridized carbons (Fsp3) is 0.0455. The maximum Gasteiger partial charge on any atom is 0.349 e. The van der Waals surface area contributed by atoms with Gasteiger partial charge in [0.1, 0.15) is 5.56 Å². The summed E-state index contributed by atoms with van der Waals surface area (Å²) >= 11 is 0. The number of aromatic amines is 1. The smallest absolute Gasteiger partial charge is 0.349 e. The number of para-hydroxylation sites is 1. The van der Waals surface area contributed by atoms with Gasteiger partial charge in [0.25, 0.3) is 5.91 Å². The van der Waals surface area contributed by atoms with Gasteiger partial charge in [-0.15, -0.1) is 0 Å². The molecule has 0 aliphatic carbocycles. The molecule has 0 spiro atoms. The molecule has 0 saturated heterocycles. The molecule has 2 N–H and O–H groups in total. The molecular weight excluding hydrogens is 372 g/mol. The molecule has 0 aliphatic heterocycles. The predicted molar refractivity (Wildman–Crippen MR) is 109 cm³/mol. The molecule has 0 atom stereocenters. The first-order valence-electron chi connectivity index (χ1n) is 8.76. The van der Waals surface area contributed by atoms with Crippen LogP contribution in [0, 0.1) is 0 Å². The van der Waals surface area contributed by atoms with Crippen molar-refractivity contribution in [1.82, 2.24) is 4.98 Å². The van der Waals surface area contributed by atoms with Gasteiger partial charge in [0.05, 0.1) is 7.11 Å². The van der Waals surface area contributed by atoms with E-state index in [2.05, 4.69) is 10.3 Å². The highest BCUT2D eigenvalue weighted by Gasteiger charge is 2.16. The van der Waals surface area contributed by atoms with Gasteiger partial charge in [-0.2, -0.15) is 0 Å². The summed E-state index contributed by atoms with van der Waals surface area (Å²) in [6, 6.07) is 16.8. The molecule has 0 aliphatic rings. The lowest BCUT2D eigenvalue weighted by Crippen LogP contribution is -2.20. The standard InChI is InChI=1S/C22H16N2O5/c1-28-18-7-3-5-14-11-17(22(27)29-20(14)18)21(26)24-16-6-2-4-13(10-16)15-8-9-19(25)23-12-15/h2-12H,1H3,(H,23,25)(H,24,26). The van der Waals surface area contributed by atoms with Gasteiger partial charge in [-0.05, 0) is 41.5 Å². The molecule has 29 heavy (non-hydrogen) atoms. The Morgan fingerprint density at radius 2 is 1.83 bits per heavy atom. The van der Waals surface area contributed by atoms with Crippen LogP contribution in [-0.2, 0) is 0 Å². The van der Waals surface area contributed by atoms with E-state index in [1.165, 1.54) is 19.2 Å². The number of pyridine rings is 1. The predicted octanol–water partition coefficient (Wildman–Crippen LogP) is 3.41. The molecule has 2 heterocycles. The van der Waals surface area contributed by atoms with Crippen LogP contribution in [0.25, 0.3) is 22.1 Å². The van der Waals surface area contributed by atoms with Crippen molar-refractivity contribution in [3.05, 3.63) is 93.2 Å². The third-order valence-corrected chi connectivity index (χ3v) is 4.43. The Balaban J connectivity index is 1.65. The lowest BCUT2D eigenvalue weighted by atomic mass is 10.1. The molecule has 0 unspecified atom stereocenters. The van der Waals surface area contributed by atoms with Crippen molar-refractivity contribution in [2.75, 3.05) is 12.4 Å². The number of methoxy groups -OCH3 is 1. The summed E-state index contributed by atoms with van der Waals surface area (Å²) in [6.07, 6.45) is 1.59. The minimum absolute atomic E-state index is 0.111. The van der Waals surface area contributed by atoms with E-state index >= 15 is 0 Å². The second-order valence-corrected chi connectivity index (χ2v) is 6.30. The van der Waals surface area contributed by atoms with Gasteiger partial charge in [-0.25, -0.2) is 4.79 Å². The highest BCUT2D eigenvalue weighted by molar-refractivity contribution is 6.05. The van der Waals surface area contributed by atoms with Crippen LogP contribution < -0.4 is 21.2 Å². The van der Waals surface area contributed by atoms with E-state index in [-0.39, 0.29) is 16.7 Å². The number of H-pyrrole nitrogens is 1. The quantitative estimate of drug-likeness (QED) is 0.522. The third-order valence-electron chi connectivity index (χ3n) is 4.43. The topological polar surface area (TPSA) is 101 Å². The van der Waals surface area contributed by atoms with Crippen LogP contribution in [0.5, 0.6) is 5.75 Å². The summed E-state index contributed by atoms with van der Waals surface area (Å²) in [4.78, 5) is 38.9. The number of nitrogens with one attached hydrogen (secondary N) is 2. The average Bonchev–Trinajstić information content (AvgIpc) is 2.73. The van der Waals surface area contributed by atoms with Crippen molar-refractivity contribution >= 4 is 22.6 Å². The van der Waals surface area contributed by atoms with Crippen molar-refractivity contribution < 1.29 is 13.9 Å². The number of amides is 1. The molecule has 4 rings (SSSR count). The molecule has 144 valence electrons. The Morgan fingerprint density at radius 3 is 2.59 bits per heavy atom. The molecule has 2 aromatic heterocycles. The van der Waals surface area contributed by atoms with Gasteiger partial charge < -0.3 is 19.5 Å². The van der Waals surface area contributed by atoms with Crippen LogP contribution in [0.4, 0.5) is 5.69 Å². The highest BCUT2D eigenvalue weighted by atomic mass is 16.5. The summed E-state index contributed by atoms with van der Waals surface area (Å²) in [7, 11) is 1.48. The first-order chi connectivity index (χ1) is 14.0. The van der Waals surface area contributed by atoms with Gasteiger partial charge >= 0.3 is 5.63 Å². The van der Waals surface area contributed by atoms with E-state index in [0.717, 1.165) is 11.1 Å². The maximum absolute atomic E-state index is 12.7. The van der Waals surface area contributed by atoms with Gasteiger partial charge in [0.15, 0.2) is 11.3 Å². The molecule has 0 saturated carbocycles. The maximum atomic E-state index is 12.7. The third kappa shape index (κ3) is 3.66. The Morgan fingerprint density at radius 1 is 1.00 bits per heavy atom. The Bertz CT molecular complexity index is 1320. The summed E-state index contributed by atoms with van der Waals surface area (Å²) < 4.78 is 10.5. The van der Waals surface area contributed by atoms with Crippen LogP contribution in [-0.4, -0.2) is 18.0 Å². The van der Waals surface area contributed by atoms with E-state index in [9.17, 15) is 14.4 Å². The number of fused-ring (bicyclic) bond motifs is 1. The van der Waals surface area contributed by atoms with Crippen LogP contribution in [0.2, 0.25) is 0 Å². The summed E-state index contributed by atoms with van der Waals surface area (Å²) in [5, 5.41) is 3.29. The highest BCUT2D eigenvalue weighted by Crippen LogP contribution is 2.25. The monoisotopic (exact) mass is 388 g/mol. The van der Waals surface area contributed by atoms with E-state index in [1.807, 2.05) is 6.07 Å². The molecule has 1 amide bonds. The largest absolute Gasteiger partial charge is 0.493 e. The summed E-state index contributed by atoms with van der Waals surface area (Å²) in [6.45, 7) is 0. The first kappa shape index (κ1) is 18.2. The molecule has 7 nitrogen and oxygen atoms in total. The van der Waals surface area contributed by atoms with Crippen LogP contribution in [0.15, 0.2) is 80.9 Å². The second-order valence-electron chi connectivity index (χ2n) is 6.30. The lowest BCUT2D eigenvalue weighted by molar-refractivity contribution is 0.102. The lowest BCUT2D eigenvalue weighted by Gasteiger charge is -2.08. The fourth-order valence-corrected chi connectivity index (χ4v) is 3.00. The average molecular weight is 388 g/mol. The zero-order valence-electron chi connectivity index (χ0n) is 15.4. The number of aromatic nitrogens is 1. The van der Waals surface area contributed by atoms with Crippen molar-refractivity contribution in [2.24, 2.45) is 0 Å². The number of rotatable bonds is 4. The number of ether oxygens (including phenoxy) is 1. The van der Waals surface area contributed by atoms with Gasteiger partial charge in [0, 0.05) is 23.3 Å². The SMILES string of the molecule is COc1cccc2cc(C(=O)Nc3cccc(-c4ccc(=O)[nH]c4)c3)c(=O)oc12. The molecule has 0 fully saturated rings. The second kappa shape index (κ2) is 7.47. The molecule has 0 radical (unpaired) electrons. The Kier molecular flexibility index (Phi) is 4.70. The molecule has 4 aromatic rings. The Labute approximate surface area is 164 Å². The number of anilines is 1. The van der Waals surface area contributed by atoms with Crippen LogP contribution in [0.1, 0.15) is 10.4 Å². The van der Waals surface area contributed by atoms with Crippen molar-refractivity contribution in [2.45, 2.75) is 0 Å². The molecule has 7 heteroatoms. The van der Waals surface area contributed by atoms with Crippen LogP contribution in [0.3, 0.4) is 0 Å². The number of benzene rings is 2. The van der Waals surface area contributed by atoms with E-state index in [4.69, 9.17) is 9.15 Å². The fourth-order valence-electron chi connectivity index (χ4n) is 3.00. The normalized spacial score (nSPS) is 10.7. The van der Waals surface area contributed by atoms with Crippen LogP contribution >= 0.6 is 0 Å². The zero-order valence-corrected chi connectivity index (χ0v) is 15.4. The van der Waals surface area contributed by atoms with E-state index < -0.39 is 11.5 Å². The van der Waals surface area contributed by atoms with Gasteiger partial charge in [0.2, 0.25) is 5.56 Å². The Hall–Kier alpha value is -4.13. The molecular formula is C22H16N2O5. The first-order valence-corrected chi connectivity index (χ1v) is 8.76. The summed E-state index contributed by atoms with van der Waals surface area (Å²) in [5.41, 5.74) is 1.32. The zero-order chi connectivity index (χ0) is 20.4. The van der Waals surface area contributed by atoms with E-state index in [0.29, 0.717) is 16.8 Å². The number of hydrogen-bond acceptors (Lipinski definition) is 5. The molecule has 0 bridgehead atoms. The van der Waals surface area contributed by atoms with Gasteiger partial charge in [-0.3, -0.25) is 9.59 Å². The minimum Gasteiger partial charge on any atom is -0.493 e. The number of carbonyl (C=O) groups excluding carboxylic acids is 1. The van der Waals surface area contributed by atoms with Crippen molar-refractivity contribution in [3.63, 3.8) is 0 Å².